The lowest BCUT2D eigenvalue weighted by Crippen LogP contribution is -2.50. The van der Waals surface area contributed by atoms with Crippen LogP contribution in [0.4, 0.5) is 5.69 Å². The second-order valence-electron chi connectivity index (χ2n) is 11.8. The summed E-state index contributed by atoms with van der Waals surface area (Å²) in [6.45, 7) is 8.95. The van der Waals surface area contributed by atoms with Crippen LogP contribution in [0.1, 0.15) is 37.4 Å². The zero-order valence-corrected chi connectivity index (χ0v) is 25.1. The van der Waals surface area contributed by atoms with Gasteiger partial charge in [0.25, 0.3) is 0 Å². The number of ether oxygens (including phenoxy) is 2. The Hall–Kier alpha value is -3.01. The molecule has 0 bridgehead atoms. The Bertz CT molecular complexity index is 1280. The van der Waals surface area contributed by atoms with Gasteiger partial charge in [0.05, 0.1) is 33.1 Å². The van der Waals surface area contributed by atoms with Gasteiger partial charge in [-0.3, -0.25) is 9.48 Å². The lowest BCUT2D eigenvalue weighted by molar-refractivity contribution is -0.122. The van der Waals surface area contributed by atoms with E-state index in [-0.39, 0.29) is 24.7 Å². The van der Waals surface area contributed by atoms with Gasteiger partial charge in [0.1, 0.15) is 5.75 Å². The van der Waals surface area contributed by atoms with Crippen molar-refractivity contribution in [1.82, 2.24) is 15.0 Å². The number of aromatic nitrogens is 3. The first-order valence-electron chi connectivity index (χ1n) is 14.5. The number of aliphatic hydroxyl groups excluding tert-OH is 1. The maximum Gasteiger partial charge on any atom is 0.228 e. The van der Waals surface area contributed by atoms with Crippen LogP contribution in [0.15, 0.2) is 54.7 Å². The molecule has 0 aliphatic carbocycles. The highest BCUT2D eigenvalue weighted by Gasteiger charge is 2.50. The number of anilines is 1. The number of benzene rings is 2. The van der Waals surface area contributed by atoms with E-state index in [9.17, 15) is 9.90 Å². The molecule has 1 N–H and O–H groups in total. The van der Waals surface area contributed by atoms with Crippen LogP contribution in [-0.4, -0.2) is 66.6 Å². The van der Waals surface area contributed by atoms with E-state index in [1.54, 1.807) is 7.11 Å². The molecule has 0 spiro atoms. The van der Waals surface area contributed by atoms with E-state index >= 15 is 0 Å². The van der Waals surface area contributed by atoms with Crippen molar-refractivity contribution in [2.75, 3.05) is 25.2 Å². The summed E-state index contributed by atoms with van der Waals surface area (Å²) in [4.78, 5) is 13.6. The lowest BCUT2D eigenvalue weighted by atomic mass is 9.95. The van der Waals surface area contributed by atoms with Crippen LogP contribution >= 0.6 is 0 Å². The molecule has 4 atom stereocenters. The average Bonchev–Trinajstić information content (AvgIpc) is 3.54. The van der Waals surface area contributed by atoms with Crippen molar-refractivity contribution in [2.24, 2.45) is 5.92 Å². The van der Waals surface area contributed by atoms with Crippen LogP contribution in [0.5, 0.6) is 5.75 Å². The summed E-state index contributed by atoms with van der Waals surface area (Å²) >= 11 is 0. The van der Waals surface area contributed by atoms with Crippen molar-refractivity contribution in [1.29, 1.82) is 0 Å². The lowest BCUT2D eigenvalue weighted by Gasteiger charge is -2.36. The molecule has 5 rings (SSSR count). The molecule has 2 aromatic carbocycles. The number of rotatable bonds is 12. The Morgan fingerprint density at radius 3 is 2.42 bits per heavy atom. The summed E-state index contributed by atoms with van der Waals surface area (Å²) < 4.78 is 14.2. The van der Waals surface area contributed by atoms with Gasteiger partial charge in [0.15, 0.2) is 0 Å². The minimum atomic E-state index is -1.92. The monoisotopic (exact) mass is 562 g/mol. The van der Waals surface area contributed by atoms with Crippen molar-refractivity contribution in [3.8, 4) is 5.75 Å². The Balaban J connectivity index is 1.30. The van der Waals surface area contributed by atoms with E-state index in [1.165, 1.54) is 10.8 Å². The molecular weight excluding hydrogens is 520 g/mol. The van der Waals surface area contributed by atoms with Crippen LogP contribution in [0, 0.1) is 5.92 Å². The fourth-order valence-corrected chi connectivity index (χ4v) is 10.7. The first-order chi connectivity index (χ1) is 19.3. The van der Waals surface area contributed by atoms with E-state index in [2.05, 4.69) is 78.9 Å². The van der Waals surface area contributed by atoms with Gasteiger partial charge < -0.3 is 19.5 Å². The van der Waals surface area contributed by atoms with Gasteiger partial charge in [0, 0.05) is 44.4 Å². The fourth-order valence-electron chi connectivity index (χ4n) is 6.59. The molecule has 2 aliphatic heterocycles. The third kappa shape index (κ3) is 6.01. The summed E-state index contributed by atoms with van der Waals surface area (Å²) in [7, 11) is -0.217. The molecule has 3 heterocycles. The molecular formula is C31H42N4O4Si. The fraction of sp³-hybridized carbons (Fsp3) is 0.516. The Labute approximate surface area is 238 Å². The molecule has 9 heteroatoms. The Morgan fingerprint density at radius 1 is 1.05 bits per heavy atom. The van der Waals surface area contributed by atoms with Crippen molar-refractivity contribution >= 4 is 24.9 Å². The van der Waals surface area contributed by atoms with Gasteiger partial charge in [-0.25, -0.2) is 0 Å². The number of hydrogen-bond donors (Lipinski definition) is 1. The topological polar surface area (TPSA) is 89.7 Å². The quantitative estimate of drug-likeness (QED) is 0.265. The van der Waals surface area contributed by atoms with E-state index < -0.39 is 8.07 Å². The normalized spacial score (nSPS) is 22.9. The molecule has 0 saturated carbocycles. The van der Waals surface area contributed by atoms with Crippen LogP contribution < -0.4 is 14.8 Å². The SMILES string of the molecule is COc1ccc([Si](C)(C)[C@@H]2[C@@H](C)[C@@H](CCc3ccc(N4CCC4=O)cc3)O[C@H]2CCn2cc(CCO)nn2)cc1. The maximum atomic E-state index is 11.8. The Morgan fingerprint density at radius 2 is 1.80 bits per heavy atom. The highest BCUT2D eigenvalue weighted by atomic mass is 28.3. The summed E-state index contributed by atoms with van der Waals surface area (Å²) in [5.74, 6) is 1.51. The molecule has 0 radical (unpaired) electrons. The summed E-state index contributed by atoms with van der Waals surface area (Å²) in [5, 5.41) is 19.1. The number of carbonyl (C=O) groups excluding carboxylic acids is 1. The predicted octanol–water partition coefficient (Wildman–Crippen LogP) is 3.97. The molecule has 1 aromatic heterocycles. The van der Waals surface area contributed by atoms with Crippen molar-refractivity contribution in [3.05, 3.63) is 66.0 Å². The zero-order chi connectivity index (χ0) is 28.3. The molecule has 2 fully saturated rings. The maximum absolute atomic E-state index is 11.8. The smallest absolute Gasteiger partial charge is 0.228 e. The van der Waals surface area contributed by atoms with E-state index in [0.29, 0.717) is 24.3 Å². The van der Waals surface area contributed by atoms with Gasteiger partial charge in [-0.15, -0.1) is 5.10 Å². The van der Waals surface area contributed by atoms with E-state index in [1.807, 2.05) is 15.8 Å². The first-order valence-corrected chi connectivity index (χ1v) is 17.6. The van der Waals surface area contributed by atoms with Gasteiger partial charge in [0.2, 0.25) is 5.91 Å². The molecule has 2 aliphatic rings. The summed E-state index contributed by atoms with van der Waals surface area (Å²) in [5.41, 5.74) is 3.53. The molecule has 0 unspecified atom stereocenters. The van der Waals surface area contributed by atoms with Crippen LogP contribution in [0.2, 0.25) is 18.6 Å². The molecule has 3 aromatic rings. The summed E-state index contributed by atoms with van der Waals surface area (Å²) in [6.07, 6.45) is 6.20. The van der Waals surface area contributed by atoms with Crippen molar-refractivity contribution in [2.45, 2.75) is 76.4 Å². The minimum absolute atomic E-state index is 0.0758. The second-order valence-corrected chi connectivity index (χ2v) is 16.5. The van der Waals surface area contributed by atoms with E-state index in [4.69, 9.17) is 9.47 Å². The highest BCUT2D eigenvalue weighted by Crippen LogP contribution is 2.46. The molecule has 8 nitrogen and oxygen atoms in total. The number of methoxy groups -OCH3 is 1. The number of β-lactam (4-membered cyclic amide) rings is 1. The largest absolute Gasteiger partial charge is 0.497 e. The van der Waals surface area contributed by atoms with E-state index in [0.717, 1.165) is 49.5 Å². The summed E-state index contributed by atoms with van der Waals surface area (Å²) in [6, 6.07) is 17.1. The zero-order valence-electron chi connectivity index (χ0n) is 24.1. The van der Waals surface area contributed by atoms with Gasteiger partial charge in [-0.2, -0.15) is 0 Å². The standard InChI is InChI=1S/C31H42N4O4Si/c1-22-28(14-7-23-5-8-25(9-6-23)35-19-16-30(35)37)39-29(15-18-34-21-24(17-20-36)32-33-34)31(22)40(3,4)27-12-10-26(38-2)11-13-27/h5-6,8-13,21-22,28-29,31,36H,7,14-20H2,1-4H3/t22-,28+,29-,31+/m0/s1. The first kappa shape index (κ1) is 28.5. The Kier molecular flexibility index (Phi) is 8.73. The number of amides is 1. The predicted molar refractivity (Wildman–Crippen MR) is 159 cm³/mol. The number of aliphatic hydroxyl groups is 1. The number of carbonyl (C=O) groups is 1. The third-order valence-corrected chi connectivity index (χ3v) is 13.4. The van der Waals surface area contributed by atoms with Crippen molar-refractivity contribution < 1.29 is 19.4 Å². The molecule has 40 heavy (non-hydrogen) atoms. The third-order valence-electron chi connectivity index (χ3n) is 8.98. The van der Waals surface area contributed by atoms with Gasteiger partial charge in [-0.05, 0) is 60.6 Å². The van der Waals surface area contributed by atoms with Gasteiger partial charge in [-0.1, -0.05) is 54.7 Å². The van der Waals surface area contributed by atoms with Gasteiger partial charge >= 0.3 is 0 Å². The minimum Gasteiger partial charge on any atom is -0.497 e. The number of hydrogen-bond acceptors (Lipinski definition) is 6. The molecule has 214 valence electrons. The average molecular weight is 563 g/mol. The van der Waals surface area contributed by atoms with Crippen LogP contribution in [0.25, 0.3) is 0 Å². The number of aryl methyl sites for hydroxylation is 2. The van der Waals surface area contributed by atoms with Crippen LogP contribution in [-0.2, 0) is 28.9 Å². The second kappa shape index (κ2) is 12.2. The highest BCUT2D eigenvalue weighted by molar-refractivity contribution is 6.91. The molecule has 2 saturated heterocycles. The van der Waals surface area contributed by atoms with Crippen LogP contribution in [0.3, 0.4) is 0 Å². The molecule has 1 amide bonds. The number of nitrogens with zero attached hydrogens (tertiary/aromatic N) is 4. The van der Waals surface area contributed by atoms with Crippen molar-refractivity contribution in [3.63, 3.8) is 0 Å².